The Balaban J connectivity index is 1.65. The molecule has 0 spiro atoms. The summed E-state index contributed by atoms with van der Waals surface area (Å²) in [6.07, 6.45) is 0.829. The van der Waals surface area contributed by atoms with Crippen molar-refractivity contribution in [3.63, 3.8) is 0 Å². The lowest BCUT2D eigenvalue weighted by molar-refractivity contribution is -0.310. The number of aliphatic carboxylic acids is 1. The van der Waals surface area contributed by atoms with Gasteiger partial charge in [0.1, 0.15) is 0 Å². The Kier molecular flexibility index (Phi) is 6.16. The number of urea groups is 1. The summed E-state index contributed by atoms with van der Waals surface area (Å²) in [5.41, 5.74) is 1.37. The lowest BCUT2D eigenvalue weighted by Gasteiger charge is -2.31. The number of nitrogens with one attached hydrogen (secondary N) is 2. The fraction of sp³-hybridized carbons (Fsp3) is 0.250. The first-order valence-electron chi connectivity index (χ1n) is 8.83. The fourth-order valence-corrected chi connectivity index (χ4v) is 3.47. The number of anilines is 1. The van der Waals surface area contributed by atoms with E-state index < -0.39 is 23.9 Å². The summed E-state index contributed by atoms with van der Waals surface area (Å²) in [4.78, 5) is 37.5. The van der Waals surface area contributed by atoms with E-state index in [1.165, 1.54) is 4.90 Å². The molecule has 3 rings (SSSR count). The number of rotatable bonds is 5. The second-order valence-electron chi connectivity index (χ2n) is 6.45. The maximum Gasteiger partial charge on any atom is 0.319 e. The van der Waals surface area contributed by atoms with Crippen LogP contribution in [0.15, 0.2) is 54.6 Å². The van der Waals surface area contributed by atoms with E-state index in [0.717, 1.165) is 5.56 Å². The van der Waals surface area contributed by atoms with Gasteiger partial charge in [0.25, 0.3) is 0 Å². The SMILES string of the molecule is O=C(NCC(=O)N1C(C(=O)[O-])CCC1c1ccccc1)Nc1ccc(Cl)cc1. The third kappa shape index (κ3) is 4.61. The van der Waals surface area contributed by atoms with Crippen molar-refractivity contribution in [2.45, 2.75) is 24.9 Å². The summed E-state index contributed by atoms with van der Waals surface area (Å²) in [6.45, 7) is -0.327. The summed E-state index contributed by atoms with van der Waals surface area (Å²) in [5.74, 6) is -1.77. The van der Waals surface area contributed by atoms with Crippen molar-refractivity contribution in [2.75, 3.05) is 11.9 Å². The van der Waals surface area contributed by atoms with Gasteiger partial charge in [0.2, 0.25) is 5.91 Å². The van der Waals surface area contributed by atoms with Gasteiger partial charge in [-0.2, -0.15) is 0 Å². The Hall–Kier alpha value is -3.06. The number of benzene rings is 2. The van der Waals surface area contributed by atoms with Gasteiger partial charge < -0.3 is 25.4 Å². The molecule has 0 aromatic heterocycles. The van der Waals surface area contributed by atoms with Crippen LogP contribution >= 0.6 is 11.6 Å². The van der Waals surface area contributed by atoms with Gasteiger partial charge in [-0.1, -0.05) is 41.9 Å². The van der Waals surface area contributed by atoms with E-state index in [2.05, 4.69) is 10.6 Å². The van der Waals surface area contributed by atoms with Crippen molar-refractivity contribution < 1.29 is 19.5 Å². The highest BCUT2D eigenvalue weighted by Crippen LogP contribution is 2.35. The van der Waals surface area contributed by atoms with Gasteiger partial charge in [-0.3, -0.25) is 4.79 Å². The molecule has 146 valence electrons. The third-order valence-corrected chi connectivity index (χ3v) is 4.88. The predicted molar refractivity (Wildman–Crippen MR) is 103 cm³/mol. The molecule has 2 atom stereocenters. The van der Waals surface area contributed by atoms with Crippen LogP contribution in [0.5, 0.6) is 0 Å². The van der Waals surface area contributed by atoms with E-state index in [9.17, 15) is 19.5 Å². The number of carbonyl (C=O) groups is 3. The zero-order valence-corrected chi connectivity index (χ0v) is 15.7. The molecule has 0 aliphatic carbocycles. The van der Waals surface area contributed by atoms with Crippen LogP contribution in [0.3, 0.4) is 0 Å². The monoisotopic (exact) mass is 400 g/mol. The molecule has 1 heterocycles. The minimum absolute atomic E-state index is 0.310. The van der Waals surface area contributed by atoms with Crippen molar-refractivity contribution in [1.29, 1.82) is 0 Å². The lowest BCUT2D eigenvalue weighted by Crippen LogP contribution is -2.50. The van der Waals surface area contributed by atoms with E-state index >= 15 is 0 Å². The van der Waals surface area contributed by atoms with Crippen LogP contribution in [0.1, 0.15) is 24.4 Å². The molecule has 2 N–H and O–H groups in total. The number of hydrogen-bond acceptors (Lipinski definition) is 4. The molecule has 28 heavy (non-hydrogen) atoms. The molecule has 0 bridgehead atoms. The Morgan fingerprint density at radius 1 is 1.04 bits per heavy atom. The van der Waals surface area contributed by atoms with Gasteiger partial charge in [-0.05, 0) is 42.7 Å². The molecule has 1 saturated heterocycles. The minimum atomic E-state index is -1.29. The summed E-state index contributed by atoms with van der Waals surface area (Å²) < 4.78 is 0. The second kappa shape index (κ2) is 8.75. The molecule has 2 aromatic rings. The Morgan fingerprint density at radius 2 is 1.71 bits per heavy atom. The molecule has 2 aromatic carbocycles. The van der Waals surface area contributed by atoms with Crippen LogP contribution in [0, 0.1) is 0 Å². The topological polar surface area (TPSA) is 102 Å². The van der Waals surface area contributed by atoms with Crippen molar-refractivity contribution >= 4 is 35.2 Å². The van der Waals surface area contributed by atoms with E-state index in [-0.39, 0.29) is 12.6 Å². The number of carboxylic acid groups (broad SMARTS) is 1. The van der Waals surface area contributed by atoms with Crippen LogP contribution < -0.4 is 15.7 Å². The number of amides is 3. The molecule has 3 amide bonds. The quantitative estimate of drug-likeness (QED) is 0.800. The second-order valence-corrected chi connectivity index (χ2v) is 6.89. The number of hydrogen-bond donors (Lipinski definition) is 2. The highest BCUT2D eigenvalue weighted by atomic mass is 35.5. The van der Waals surface area contributed by atoms with Gasteiger partial charge >= 0.3 is 6.03 Å². The molecule has 0 radical (unpaired) electrons. The van der Waals surface area contributed by atoms with Crippen LogP contribution in [-0.4, -0.2) is 35.4 Å². The first-order valence-corrected chi connectivity index (χ1v) is 9.21. The largest absolute Gasteiger partial charge is 0.548 e. The van der Waals surface area contributed by atoms with E-state index in [1.807, 2.05) is 30.3 Å². The van der Waals surface area contributed by atoms with Crippen molar-refractivity contribution in [2.24, 2.45) is 0 Å². The van der Waals surface area contributed by atoms with Crippen molar-refractivity contribution in [1.82, 2.24) is 10.2 Å². The third-order valence-electron chi connectivity index (χ3n) is 4.63. The Morgan fingerprint density at radius 3 is 2.36 bits per heavy atom. The molecule has 2 unspecified atom stereocenters. The van der Waals surface area contributed by atoms with Crippen LogP contribution in [0.2, 0.25) is 5.02 Å². The molecule has 1 aliphatic rings. The molecule has 0 saturated carbocycles. The molecule has 8 heteroatoms. The molecule has 1 aliphatic heterocycles. The maximum atomic E-state index is 12.7. The highest BCUT2D eigenvalue weighted by Gasteiger charge is 2.38. The summed E-state index contributed by atoms with van der Waals surface area (Å²) in [6, 6.07) is 13.8. The van der Waals surface area contributed by atoms with Gasteiger partial charge in [0.05, 0.1) is 24.6 Å². The lowest BCUT2D eigenvalue weighted by atomic mass is 10.0. The zero-order valence-electron chi connectivity index (χ0n) is 14.9. The molecule has 7 nitrogen and oxygen atoms in total. The zero-order chi connectivity index (χ0) is 20.1. The maximum absolute atomic E-state index is 12.7. The van der Waals surface area contributed by atoms with Gasteiger partial charge in [0.15, 0.2) is 0 Å². The predicted octanol–water partition coefficient (Wildman–Crippen LogP) is 1.94. The summed E-state index contributed by atoms with van der Waals surface area (Å²) in [7, 11) is 0. The van der Waals surface area contributed by atoms with E-state index in [0.29, 0.717) is 23.6 Å². The van der Waals surface area contributed by atoms with Crippen LogP contribution in [-0.2, 0) is 9.59 Å². The van der Waals surface area contributed by atoms with Gasteiger partial charge in [0, 0.05) is 10.7 Å². The number of likely N-dealkylation sites (tertiary alicyclic amines) is 1. The first kappa shape index (κ1) is 19.7. The number of halogens is 1. The van der Waals surface area contributed by atoms with Crippen LogP contribution in [0.25, 0.3) is 0 Å². The summed E-state index contributed by atoms with van der Waals surface area (Å²) >= 11 is 5.80. The normalized spacial score (nSPS) is 18.5. The first-order chi connectivity index (χ1) is 13.5. The average molecular weight is 401 g/mol. The highest BCUT2D eigenvalue weighted by molar-refractivity contribution is 6.30. The Labute approximate surface area is 167 Å². The van der Waals surface area contributed by atoms with E-state index in [1.54, 1.807) is 24.3 Å². The van der Waals surface area contributed by atoms with Gasteiger partial charge in [-0.25, -0.2) is 4.79 Å². The standard InChI is InChI=1S/C20H20ClN3O4/c21-14-6-8-15(9-7-14)23-20(28)22-12-18(25)24-16(10-11-17(24)19(26)27)13-4-2-1-3-5-13/h1-9,16-17H,10-12H2,(H,26,27)(H2,22,23,28)/p-1. The smallest absolute Gasteiger partial charge is 0.319 e. The fourth-order valence-electron chi connectivity index (χ4n) is 3.35. The van der Waals surface area contributed by atoms with Crippen molar-refractivity contribution in [3.8, 4) is 0 Å². The number of nitrogens with zero attached hydrogens (tertiary/aromatic N) is 1. The molecular weight excluding hydrogens is 382 g/mol. The Bertz CT molecular complexity index is 858. The van der Waals surface area contributed by atoms with Crippen LogP contribution in [0.4, 0.5) is 10.5 Å². The molecular formula is C20H19ClN3O4-. The molecule has 1 fully saturated rings. The number of carboxylic acids is 1. The van der Waals surface area contributed by atoms with E-state index in [4.69, 9.17) is 11.6 Å². The minimum Gasteiger partial charge on any atom is -0.548 e. The number of carbonyl (C=O) groups excluding carboxylic acids is 3. The van der Waals surface area contributed by atoms with Gasteiger partial charge in [-0.15, -0.1) is 0 Å². The summed E-state index contributed by atoms with van der Waals surface area (Å²) in [5, 5.41) is 17.1. The van der Waals surface area contributed by atoms with Crippen molar-refractivity contribution in [3.05, 3.63) is 65.2 Å². The average Bonchev–Trinajstić information content (AvgIpc) is 3.14.